The molecule has 0 radical (unpaired) electrons. The average Bonchev–Trinajstić information content (AvgIpc) is 3.22. The third-order valence-electron chi connectivity index (χ3n) is 4.57. The number of pyridine rings is 1. The number of thiol groups is 1. The number of furan rings is 1. The van der Waals surface area contributed by atoms with Crippen molar-refractivity contribution in [3.05, 3.63) is 60.2 Å². The second kappa shape index (κ2) is 12.0. The van der Waals surface area contributed by atoms with Gasteiger partial charge in [-0.05, 0) is 23.8 Å². The zero-order valence-electron chi connectivity index (χ0n) is 17.6. The van der Waals surface area contributed by atoms with Gasteiger partial charge >= 0.3 is 0 Å². The highest BCUT2D eigenvalue weighted by molar-refractivity contribution is 7.91. The van der Waals surface area contributed by atoms with Crippen LogP contribution in [0.1, 0.15) is 11.1 Å². The van der Waals surface area contributed by atoms with Crippen molar-refractivity contribution < 1.29 is 27.1 Å². The van der Waals surface area contributed by atoms with Gasteiger partial charge in [-0.3, -0.25) is 9.69 Å². The first kappa shape index (κ1) is 24.3. The van der Waals surface area contributed by atoms with E-state index in [-0.39, 0.29) is 24.3 Å². The topological polar surface area (TPSA) is 111 Å². The van der Waals surface area contributed by atoms with Crippen molar-refractivity contribution in [1.82, 2.24) is 15.2 Å². The molecule has 0 bridgehead atoms. The number of nitrogens with zero attached hydrogens (tertiary/aromatic N) is 2. The van der Waals surface area contributed by atoms with Crippen molar-refractivity contribution in [2.45, 2.75) is 17.7 Å². The molecular weight excluding hydrogens is 454 g/mol. The molecule has 32 heavy (non-hydrogen) atoms. The number of carbonyl (C=O) groups is 1. The van der Waals surface area contributed by atoms with Gasteiger partial charge in [0.1, 0.15) is 17.8 Å². The number of hydrogen-bond donors (Lipinski definition) is 2. The average molecular weight is 482 g/mol. The van der Waals surface area contributed by atoms with E-state index in [4.69, 9.17) is 13.9 Å². The molecule has 1 saturated heterocycles. The fraction of sp³-hybridized carbons (Fsp3) is 0.429. The SMILES string of the molecule is O=C(CS(=O)(=O)Cc1ccoc1)NC/C=C\COc1cc(CN2CCOC(S)C2)ccn1. The summed E-state index contributed by atoms with van der Waals surface area (Å²) in [6.45, 7) is 3.54. The van der Waals surface area contributed by atoms with Gasteiger partial charge in [0.25, 0.3) is 0 Å². The van der Waals surface area contributed by atoms with Gasteiger partial charge < -0.3 is 19.2 Å². The number of nitrogens with one attached hydrogen (secondary N) is 1. The van der Waals surface area contributed by atoms with E-state index < -0.39 is 21.5 Å². The minimum absolute atomic E-state index is 0.0662. The third-order valence-corrected chi connectivity index (χ3v) is 6.35. The number of ether oxygens (including phenoxy) is 2. The molecule has 2 aromatic rings. The highest BCUT2D eigenvalue weighted by Crippen LogP contribution is 2.15. The highest BCUT2D eigenvalue weighted by atomic mass is 32.2. The Bertz CT molecular complexity index is 995. The quantitative estimate of drug-likeness (QED) is 0.366. The molecule has 1 atom stereocenters. The van der Waals surface area contributed by atoms with Crippen molar-refractivity contribution in [3.63, 3.8) is 0 Å². The molecule has 1 amide bonds. The van der Waals surface area contributed by atoms with Crippen LogP contribution in [-0.4, -0.2) is 68.2 Å². The van der Waals surface area contributed by atoms with E-state index in [2.05, 4.69) is 27.8 Å². The zero-order chi connectivity index (χ0) is 22.8. The maximum Gasteiger partial charge on any atom is 0.235 e. The molecular formula is C21H27N3O6S2. The van der Waals surface area contributed by atoms with Crippen LogP contribution in [0.2, 0.25) is 0 Å². The molecule has 1 N–H and O–H groups in total. The number of aromatic nitrogens is 1. The molecule has 3 rings (SSSR count). The smallest absolute Gasteiger partial charge is 0.235 e. The van der Waals surface area contributed by atoms with E-state index in [1.54, 1.807) is 24.4 Å². The molecule has 0 saturated carbocycles. The third kappa shape index (κ3) is 8.65. The summed E-state index contributed by atoms with van der Waals surface area (Å²) < 4.78 is 39.9. The van der Waals surface area contributed by atoms with Gasteiger partial charge in [0.05, 0.1) is 24.9 Å². The van der Waals surface area contributed by atoms with Gasteiger partial charge in [0, 0.05) is 44.0 Å². The van der Waals surface area contributed by atoms with Gasteiger partial charge in [0.2, 0.25) is 11.8 Å². The van der Waals surface area contributed by atoms with Crippen LogP contribution in [0.5, 0.6) is 5.88 Å². The monoisotopic (exact) mass is 481 g/mol. The Hall–Kier alpha value is -2.34. The maximum atomic E-state index is 12.0. The Balaban J connectivity index is 1.34. The van der Waals surface area contributed by atoms with Crippen LogP contribution in [0, 0.1) is 0 Å². The number of morpholine rings is 1. The van der Waals surface area contributed by atoms with Crippen molar-refractivity contribution in [1.29, 1.82) is 0 Å². The lowest BCUT2D eigenvalue weighted by Crippen LogP contribution is -2.39. The molecule has 0 spiro atoms. The molecule has 1 unspecified atom stereocenters. The zero-order valence-corrected chi connectivity index (χ0v) is 19.3. The number of amides is 1. The van der Waals surface area contributed by atoms with Gasteiger partial charge in [-0.1, -0.05) is 6.08 Å². The number of hydrogen-bond acceptors (Lipinski definition) is 9. The molecule has 11 heteroatoms. The summed E-state index contributed by atoms with van der Waals surface area (Å²) >= 11 is 4.36. The lowest BCUT2D eigenvalue weighted by molar-refractivity contribution is -0.118. The standard InChI is InChI=1S/C21H27N3O6S2/c25-19(16-32(26,27)15-18-4-9-28-14-18)22-5-1-2-8-29-20-11-17(3-6-23-20)12-24-7-10-30-21(31)13-24/h1-4,6,9,11,14,21,31H,5,7-8,10,12-13,15-16H2,(H,22,25)/b2-1-. The lowest BCUT2D eigenvalue weighted by atomic mass is 10.2. The van der Waals surface area contributed by atoms with Crippen molar-refractivity contribution in [2.24, 2.45) is 0 Å². The van der Waals surface area contributed by atoms with Crippen LogP contribution in [0.15, 0.2) is 53.5 Å². The van der Waals surface area contributed by atoms with E-state index in [1.165, 1.54) is 12.5 Å². The first-order valence-electron chi connectivity index (χ1n) is 10.1. The van der Waals surface area contributed by atoms with Gasteiger partial charge in [-0.25, -0.2) is 13.4 Å². The Morgan fingerprint density at radius 3 is 3.00 bits per heavy atom. The summed E-state index contributed by atoms with van der Waals surface area (Å²) in [5.74, 6) is -0.846. The number of carbonyl (C=O) groups excluding carboxylic acids is 1. The summed E-state index contributed by atoms with van der Waals surface area (Å²) in [7, 11) is -3.55. The molecule has 9 nitrogen and oxygen atoms in total. The minimum Gasteiger partial charge on any atom is -0.473 e. The molecule has 1 aliphatic rings. The van der Waals surface area contributed by atoms with E-state index in [1.807, 2.05) is 12.1 Å². The summed E-state index contributed by atoms with van der Waals surface area (Å²) in [5, 5.41) is 2.55. The lowest BCUT2D eigenvalue weighted by Gasteiger charge is -2.30. The maximum absolute atomic E-state index is 12.0. The summed E-state index contributed by atoms with van der Waals surface area (Å²) in [5.41, 5.74) is 1.54. The first-order chi connectivity index (χ1) is 15.4. The summed E-state index contributed by atoms with van der Waals surface area (Å²) in [4.78, 5) is 18.3. The Morgan fingerprint density at radius 1 is 1.34 bits per heavy atom. The van der Waals surface area contributed by atoms with Crippen LogP contribution in [-0.2, 0) is 31.7 Å². The van der Waals surface area contributed by atoms with E-state index in [0.717, 1.165) is 25.2 Å². The molecule has 0 aromatic carbocycles. The Kier molecular flexibility index (Phi) is 9.15. The fourth-order valence-electron chi connectivity index (χ4n) is 3.10. The molecule has 1 fully saturated rings. The van der Waals surface area contributed by atoms with Gasteiger partial charge in [0.15, 0.2) is 9.84 Å². The Morgan fingerprint density at radius 2 is 2.22 bits per heavy atom. The van der Waals surface area contributed by atoms with Crippen LogP contribution in [0.4, 0.5) is 0 Å². The minimum atomic E-state index is -3.55. The van der Waals surface area contributed by atoms with Gasteiger partial charge in [-0.2, -0.15) is 0 Å². The fourth-order valence-corrected chi connectivity index (χ4v) is 4.71. The number of sulfone groups is 1. The Labute approximate surface area is 193 Å². The van der Waals surface area contributed by atoms with E-state index >= 15 is 0 Å². The largest absolute Gasteiger partial charge is 0.473 e. The van der Waals surface area contributed by atoms with Crippen molar-refractivity contribution >= 4 is 28.4 Å². The predicted molar refractivity (Wildman–Crippen MR) is 122 cm³/mol. The molecule has 174 valence electrons. The molecule has 2 aromatic heterocycles. The van der Waals surface area contributed by atoms with Crippen LogP contribution >= 0.6 is 12.6 Å². The van der Waals surface area contributed by atoms with Crippen LogP contribution in [0.25, 0.3) is 0 Å². The predicted octanol–water partition coefficient (Wildman–Crippen LogP) is 1.43. The van der Waals surface area contributed by atoms with Crippen LogP contribution in [0.3, 0.4) is 0 Å². The van der Waals surface area contributed by atoms with Crippen molar-refractivity contribution in [3.8, 4) is 5.88 Å². The van der Waals surface area contributed by atoms with Crippen LogP contribution < -0.4 is 10.1 Å². The van der Waals surface area contributed by atoms with Crippen molar-refractivity contribution in [2.75, 3.05) is 38.6 Å². The molecule has 1 aliphatic heterocycles. The molecule has 3 heterocycles. The summed E-state index contributed by atoms with van der Waals surface area (Å²) in [6.07, 6.45) is 7.89. The second-order valence-electron chi connectivity index (χ2n) is 7.31. The van der Waals surface area contributed by atoms with Gasteiger partial charge in [-0.15, -0.1) is 12.6 Å². The first-order valence-corrected chi connectivity index (χ1v) is 12.5. The van der Waals surface area contributed by atoms with E-state index in [0.29, 0.717) is 18.1 Å². The normalized spacial score (nSPS) is 17.5. The summed E-state index contributed by atoms with van der Waals surface area (Å²) in [6, 6.07) is 5.40. The number of rotatable bonds is 11. The highest BCUT2D eigenvalue weighted by Gasteiger charge is 2.18. The second-order valence-corrected chi connectivity index (χ2v) is 9.95. The molecule has 0 aliphatic carbocycles. The van der Waals surface area contributed by atoms with E-state index in [9.17, 15) is 13.2 Å².